The maximum Gasteiger partial charge on any atom is 0.416 e. The Hall–Kier alpha value is -8.09. The van der Waals surface area contributed by atoms with Gasteiger partial charge in [-0.3, -0.25) is 28.8 Å². The molecule has 0 heterocycles. The second-order valence-corrected chi connectivity index (χ2v) is 19.3. The van der Waals surface area contributed by atoms with Crippen LogP contribution in [0.1, 0.15) is 51.3 Å². The average Bonchev–Trinajstić information content (AvgIpc) is 3.63. The summed E-state index contributed by atoms with van der Waals surface area (Å²) in [5.41, 5.74) is 21.8. The summed E-state index contributed by atoms with van der Waals surface area (Å²) in [5.74, 6) is -2.95. The highest BCUT2D eigenvalue weighted by atomic mass is 35.5. The third-order valence-electron chi connectivity index (χ3n) is 11.0. The first-order chi connectivity index (χ1) is 38.3. The number of Topliss-reactive ketones (excluding diaryl/α,β-unsaturated/α-hetero) is 2. The minimum atomic E-state index is -4.59. The molecular formula is C55H45Cl5F6N8O8. The van der Waals surface area contributed by atoms with E-state index < -0.39 is 70.8 Å². The molecule has 0 spiro atoms. The number of carbonyl (C=O) groups is 6. The number of benzene rings is 7. The van der Waals surface area contributed by atoms with Crippen LogP contribution in [-0.4, -0.2) is 47.3 Å². The molecule has 12 N–H and O–H groups in total. The van der Waals surface area contributed by atoms with E-state index in [2.05, 4.69) is 21.3 Å². The zero-order chi connectivity index (χ0) is 61.0. The number of ketones is 2. The number of ether oxygens (including phenoxy) is 2. The molecule has 7 aromatic rings. The fourth-order valence-corrected chi connectivity index (χ4v) is 7.20. The number of anilines is 6. The van der Waals surface area contributed by atoms with Crippen LogP contribution in [-0.2, 0) is 31.5 Å². The van der Waals surface area contributed by atoms with Crippen molar-refractivity contribution < 1.29 is 64.6 Å². The Morgan fingerprint density at radius 3 is 1.16 bits per heavy atom. The molecule has 0 aliphatic rings. The summed E-state index contributed by atoms with van der Waals surface area (Å²) in [6, 6.07) is 26.6. The topological polar surface area (TPSA) is 273 Å². The Kier molecular flexibility index (Phi) is 22.2. The van der Waals surface area contributed by atoms with Crippen LogP contribution in [0.5, 0.6) is 23.0 Å². The van der Waals surface area contributed by atoms with Gasteiger partial charge in [-0.25, -0.2) is 0 Å². The van der Waals surface area contributed by atoms with Gasteiger partial charge in [0.05, 0.1) is 54.6 Å². The van der Waals surface area contributed by atoms with Gasteiger partial charge in [-0.1, -0.05) is 58.0 Å². The number of hydrogen-bond donors (Lipinski definition) is 8. The number of rotatable bonds is 14. The van der Waals surface area contributed by atoms with E-state index in [9.17, 15) is 55.1 Å². The number of alkyl halides is 6. The van der Waals surface area contributed by atoms with Gasteiger partial charge in [0, 0.05) is 26.9 Å². The van der Waals surface area contributed by atoms with Crippen LogP contribution in [0.25, 0.3) is 0 Å². The zero-order valence-electron chi connectivity index (χ0n) is 42.6. The third-order valence-corrected chi connectivity index (χ3v) is 12.5. The maximum atomic E-state index is 13.1. The largest absolute Gasteiger partial charge is 0.455 e. The van der Waals surface area contributed by atoms with Crippen molar-refractivity contribution in [2.45, 2.75) is 45.2 Å². The number of nitrogens with one attached hydrogen (secondary N) is 4. The summed E-state index contributed by atoms with van der Waals surface area (Å²) in [4.78, 5) is 70.9. The van der Waals surface area contributed by atoms with Gasteiger partial charge in [0.15, 0.2) is 23.1 Å². The normalized spacial score (nSPS) is 11.7. The summed E-state index contributed by atoms with van der Waals surface area (Å²) in [7, 11) is 0. The first-order valence-electron chi connectivity index (χ1n) is 23.3. The number of amides is 4. The van der Waals surface area contributed by atoms with E-state index >= 15 is 0 Å². The first-order valence-corrected chi connectivity index (χ1v) is 25.2. The molecule has 82 heavy (non-hydrogen) atoms. The summed E-state index contributed by atoms with van der Waals surface area (Å²) >= 11 is 29.4. The lowest BCUT2D eigenvalue weighted by Gasteiger charge is -2.15. The van der Waals surface area contributed by atoms with E-state index in [0.717, 1.165) is 36.4 Å². The van der Waals surface area contributed by atoms with E-state index in [1.165, 1.54) is 62.4 Å². The number of halogens is 11. The summed E-state index contributed by atoms with van der Waals surface area (Å²) in [6.45, 7) is 4.07. The van der Waals surface area contributed by atoms with Crippen LogP contribution < -0.4 is 53.7 Å². The molecule has 430 valence electrons. The van der Waals surface area contributed by atoms with Gasteiger partial charge >= 0.3 is 12.4 Å². The zero-order valence-corrected chi connectivity index (χ0v) is 46.4. The molecule has 0 aliphatic heterocycles. The van der Waals surface area contributed by atoms with Crippen molar-refractivity contribution in [1.29, 1.82) is 0 Å². The van der Waals surface area contributed by atoms with Crippen LogP contribution >= 0.6 is 58.0 Å². The highest BCUT2D eigenvalue weighted by Crippen LogP contribution is 2.40. The van der Waals surface area contributed by atoms with Crippen molar-refractivity contribution in [3.8, 4) is 23.0 Å². The van der Waals surface area contributed by atoms with Gasteiger partial charge in [-0.15, -0.1) is 0 Å². The predicted molar refractivity (Wildman–Crippen MR) is 304 cm³/mol. The molecule has 0 saturated carbocycles. The van der Waals surface area contributed by atoms with Gasteiger partial charge in [0.1, 0.15) is 23.6 Å². The molecular weight excluding hydrogens is 1190 g/mol. The molecule has 2 atom stereocenters. The van der Waals surface area contributed by atoms with Gasteiger partial charge in [-0.05, 0) is 160 Å². The Bertz CT molecular complexity index is 3310. The number of nitrogens with two attached hydrogens (primary N) is 4. The number of aryl methyl sites for hydroxylation is 1. The van der Waals surface area contributed by atoms with Gasteiger partial charge in [-0.2, -0.15) is 26.3 Å². The smallest absolute Gasteiger partial charge is 0.416 e. The molecule has 0 aliphatic carbocycles. The molecule has 2 unspecified atom stereocenters. The first kappa shape index (κ1) is 64.7. The molecule has 0 radical (unpaired) electrons. The second kappa shape index (κ2) is 28.1. The standard InChI is InChI=1S/2C20H13Cl2F3N2O2.C15H19ClN4O4/c2*21-13-3-5-14(6-4-13)29-18-8-2-12(20(23,24)25)10-17(18)27-19(28)11-1-7-15(22)16(26)9-11;1-6-4-11(20-15(24)13(18)8(3)22)9(16)5-10(6)19-14(23)12(17)7(2)21/h2*1-10H,26H2,(H,27,28);4-5,12-13H,17-18H2,1-3H3,(H,19,23)(H,20,24). The molecule has 0 aromatic heterocycles. The second-order valence-electron chi connectivity index (χ2n) is 17.2. The van der Waals surface area contributed by atoms with Gasteiger partial charge in [0.25, 0.3) is 11.8 Å². The highest BCUT2D eigenvalue weighted by Gasteiger charge is 2.33. The van der Waals surface area contributed by atoms with Crippen molar-refractivity contribution in [2.75, 3.05) is 32.7 Å². The Morgan fingerprint density at radius 1 is 0.451 bits per heavy atom. The Balaban J connectivity index is 0.000000227. The van der Waals surface area contributed by atoms with Crippen molar-refractivity contribution in [2.24, 2.45) is 11.5 Å². The lowest BCUT2D eigenvalue weighted by molar-refractivity contribution is -0.138. The van der Waals surface area contributed by atoms with Crippen LogP contribution in [0.2, 0.25) is 25.1 Å². The van der Waals surface area contributed by atoms with Gasteiger partial charge in [0.2, 0.25) is 11.8 Å². The molecule has 4 amide bonds. The minimum Gasteiger partial charge on any atom is -0.455 e. The van der Waals surface area contributed by atoms with Crippen LogP contribution in [0, 0.1) is 6.92 Å². The molecule has 7 aromatic carbocycles. The SMILES string of the molecule is CC(=O)C(N)C(=O)Nc1cc(Cl)c(NC(=O)C(N)C(C)=O)cc1C.Nc1cc(C(=O)Nc2cc(C(F)(F)F)ccc2Oc2ccc(Cl)cc2)ccc1Cl.Nc1cc(C(=O)Nc2cc(C(F)(F)F)ccc2Oc2ccc(Cl)cc2)ccc1Cl. The highest BCUT2D eigenvalue weighted by molar-refractivity contribution is 6.35. The molecule has 0 fully saturated rings. The molecule has 16 nitrogen and oxygen atoms in total. The van der Waals surface area contributed by atoms with E-state index in [1.54, 1.807) is 55.5 Å². The number of carbonyl (C=O) groups excluding carboxylic acids is 6. The number of hydrogen-bond acceptors (Lipinski definition) is 12. The van der Waals surface area contributed by atoms with E-state index in [4.69, 9.17) is 90.4 Å². The Morgan fingerprint density at radius 2 is 0.817 bits per heavy atom. The van der Waals surface area contributed by atoms with Crippen molar-refractivity contribution in [3.05, 3.63) is 186 Å². The fourth-order valence-electron chi connectivity index (χ4n) is 6.51. The molecule has 0 saturated heterocycles. The van der Waals surface area contributed by atoms with Crippen LogP contribution in [0.15, 0.2) is 133 Å². The van der Waals surface area contributed by atoms with Gasteiger partial charge < -0.3 is 53.7 Å². The van der Waals surface area contributed by atoms with E-state index in [-0.39, 0.29) is 66.1 Å². The Labute approximate surface area is 488 Å². The summed E-state index contributed by atoms with van der Waals surface area (Å²) < 4.78 is 90.0. The number of nitrogen functional groups attached to an aromatic ring is 2. The predicted octanol–water partition coefficient (Wildman–Crippen LogP) is 13.6. The van der Waals surface area contributed by atoms with Crippen LogP contribution in [0.3, 0.4) is 0 Å². The molecule has 27 heteroatoms. The van der Waals surface area contributed by atoms with Crippen molar-refractivity contribution in [3.63, 3.8) is 0 Å². The summed E-state index contributed by atoms with van der Waals surface area (Å²) in [6.07, 6.45) is -9.19. The maximum absolute atomic E-state index is 13.1. The fraction of sp³-hybridized carbons (Fsp3) is 0.127. The monoisotopic (exact) mass is 1230 g/mol. The average molecular weight is 1240 g/mol. The molecule has 0 bridgehead atoms. The lowest BCUT2D eigenvalue weighted by Crippen LogP contribution is -2.41. The quantitative estimate of drug-likeness (QED) is 0.0287. The summed E-state index contributed by atoms with van der Waals surface area (Å²) in [5, 5.41) is 11.4. The van der Waals surface area contributed by atoms with Crippen LogP contribution in [0.4, 0.5) is 60.5 Å². The van der Waals surface area contributed by atoms with E-state index in [1.807, 2.05) is 0 Å². The van der Waals surface area contributed by atoms with Crippen molar-refractivity contribution in [1.82, 2.24) is 0 Å². The molecule has 7 rings (SSSR count). The minimum absolute atomic E-state index is 0.0237. The lowest BCUT2D eigenvalue weighted by atomic mass is 10.1. The van der Waals surface area contributed by atoms with Crippen molar-refractivity contribution >= 4 is 127 Å². The third kappa shape index (κ3) is 18.5. The van der Waals surface area contributed by atoms with E-state index in [0.29, 0.717) is 32.8 Å².